The van der Waals surface area contributed by atoms with E-state index >= 15 is 0 Å². The second-order valence-corrected chi connectivity index (χ2v) is 8.00. The average molecular weight is 405 g/mol. The summed E-state index contributed by atoms with van der Waals surface area (Å²) in [5.41, 5.74) is 4.24. The molecule has 2 aromatic rings. The second kappa shape index (κ2) is 9.34. The Labute approximate surface area is 164 Å². The molecule has 2 aromatic carbocycles. The van der Waals surface area contributed by atoms with E-state index < -0.39 is 22.5 Å². The Kier molecular flexibility index (Phi) is 7.13. The standard InChI is InChI=1S/C19H23N3O5S/c1-14-5-7-15(8-6-14)12-20-21-19(23)13-22(2)28(24,25)18-11-16(26-3)9-10-17(18)27-4/h5-12H,13H2,1-4H3,(H,21,23). The number of hydrogen-bond acceptors (Lipinski definition) is 6. The van der Waals surface area contributed by atoms with Gasteiger partial charge in [-0.25, -0.2) is 13.8 Å². The van der Waals surface area contributed by atoms with E-state index in [1.54, 1.807) is 6.07 Å². The molecule has 0 spiro atoms. The third-order valence-electron chi connectivity index (χ3n) is 3.91. The van der Waals surface area contributed by atoms with E-state index in [1.807, 2.05) is 31.2 Å². The van der Waals surface area contributed by atoms with Crippen molar-refractivity contribution in [3.63, 3.8) is 0 Å². The van der Waals surface area contributed by atoms with Crippen molar-refractivity contribution in [1.82, 2.24) is 9.73 Å². The number of nitrogens with zero attached hydrogens (tertiary/aromatic N) is 2. The molecule has 0 unspecified atom stereocenters. The quantitative estimate of drug-likeness (QED) is 0.533. The Morgan fingerprint density at radius 3 is 2.43 bits per heavy atom. The lowest BCUT2D eigenvalue weighted by Crippen LogP contribution is -2.36. The van der Waals surface area contributed by atoms with Crippen LogP contribution >= 0.6 is 0 Å². The van der Waals surface area contributed by atoms with E-state index in [0.717, 1.165) is 15.4 Å². The molecule has 0 atom stereocenters. The molecule has 0 heterocycles. The molecule has 28 heavy (non-hydrogen) atoms. The minimum atomic E-state index is -3.98. The molecule has 0 aromatic heterocycles. The number of likely N-dealkylation sites (N-methyl/N-ethyl adjacent to an activating group) is 1. The number of rotatable bonds is 8. The van der Waals surface area contributed by atoms with E-state index in [2.05, 4.69) is 10.5 Å². The molecule has 0 bridgehead atoms. The second-order valence-electron chi connectivity index (χ2n) is 5.98. The van der Waals surface area contributed by atoms with Crippen LogP contribution in [0.1, 0.15) is 11.1 Å². The Hall–Kier alpha value is -2.91. The number of benzene rings is 2. The van der Waals surface area contributed by atoms with Crippen LogP contribution in [0.15, 0.2) is 52.5 Å². The summed E-state index contributed by atoms with van der Waals surface area (Å²) >= 11 is 0. The summed E-state index contributed by atoms with van der Waals surface area (Å²) in [6.07, 6.45) is 1.48. The van der Waals surface area contributed by atoms with Crippen LogP contribution in [0.2, 0.25) is 0 Å². The Morgan fingerprint density at radius 1 is 1.14 bits per heavy atom. The summed E-state index contributed by atoms with van der Waals surface area (Å²) in [5, 5.41) is 3.85. The number of carbonyl (C=O) groups is 1. The van der Waals surface area contributed by atoms with Gasteiger partial charge in [0.25, 0.3) is 5.91 Å². The summed E-state index contributed by atoms with van der Waals surface area (Å²) in [4.78, 5) is 12.0. The first-order valence-corrected chi connectivity index (χ1v) is 9.79. The first-order valence-electron chi connectivity index (χ1n) is 8.35. The van der Waals surface area contributed by atoms with Gasteiger partial charge in [-0.3, -0.25) is 4.79 Å². The highest BCUT2D eigenvalue weighted by molar-refractivity contribution is 7.89. The number of methoxy groups -OCH3 is 2. The predicted octanol–water partition coefficient (Wildman–Crippen LogP) is 1.78. The third-order valence-corrected chi connectivity index (χ3v) is 5.73. The minimum Gasteiger partial charge on any atom is -0.497 e. The van der Waals surface area contributed by atoms with Crippen LogP contribution < -0.4 is 14.9 Å². The molecule has 8 nitrogen and oxygen atoms in total. The maximum atomic E-state index is 12.8. The molecule has 0 aliphatic heterocycles. The highest BCUT2D eigenvalue weighted by Gasteiger charge is 2.27. The van der Waals surface area contributed by atoms with Crippen LogP contribution in [-0.4, -0.2) is 52.7 Å². The zero-order valence-electron chi connectivity index (χ0n) is 16.2. The largest absolute Gasteiger partial charge is 0.497 e. The fraction of sp³-hybridized carbons (Fsp3) is 0.263. The van der Waals surface area contributed by atoms with Gasteiger partial charge in [0.1, 0.15) is 16.4 Å². The predicted molar refractivity (Wildman–Crippen MR) is 106 cm³/mol. The maximum Gasteiger partial charge on any atom is 0.255 e. The molecule has 1 amide bonds. The van der Waals surface area contributed by atoms with Crippen molar-refractivity contribution in [1.29, 1.82) is 0 Å². The lowest BCUT2D eigenvalue weighted by atomic mass is 10.2. The van der Waals surface area contributed by atoms with E-state index in [1.165, 1.54) is 39.6 Å². The molecular weight excluding hydrogens is 382 g/mol. The van der Waals surface area contributed by atoms with Crippen LogP contribution in [0.3, 0.4) is 0 Å². The van der Waals surface area contributed by atoms with Gasteiger partial charge < -0.3 is 9.47 Å². The topological polar surface area (TPSA) is 97.3 Å². The van der Waals surface area contributed by atoms with E-state index in [4.69, 9.17) is 9.47 Å². The molecule has 0 fully saturated rings. The smallest absolute Gasteiger partial charge is 0.255 e. The van der Waals surface area contributed by atoms with Crippen molar-refractivity contribution >= 4 is 22.1 Å². The molecule has 9 heteroatoms. The minimum absolute atomic E-state index is 0.0900. The molecule has 0 saturated heterocycles. The monoisotopic (exact) mass is 405 g/mol. The lowest BCUT2D eigenvalue weighted by molar-refractivity contribution is -0.121. The van der Waals surface area contributed by atoms with E-state index in [-0.39, 0.29) is 10.6 Å². The van der Waals surface area contributed by atoms with Gasteiger partial charge in [-0.15, -0.1) is 0 Å². The first-order chi connectivity index (χ1) is 13.3. The molecule has 0 aliphatic carbocycles. The summed E-state index contributed by atoms with van der Waals surface area (Å²) in [5.74, 6) is -0.0540. The van der Waals surface area contributed by atoms with Gasteiger partial charge in [0.05, 0.1) is 27.0 Å². The van der Waals surface area contributed by atoms with Gasteiger partial charge in [-0.2, -0.15) is 9.41 Å². The molecular formula is C19H23N3O5S. The highest BCUT2D eigenvalue weighted by atomic mass is 32.2. The van der Waals surface area contributed by atoms with Gasteiger partial charge in [0.2, 0.25) is 10.0 Å². The number of ether oxygens (including phenoxy) is 2. The van der Waals surface area contributed by atoms with Crippen LogP contribution in [0.5, 0.6) is 11.5 Å². The van der Waals surface area contributed by atoms with Gasteiger partial charge in [0.15, 0.2) is 0 Å². The van der Waals surface area contributed by atoms with Crippen molar-refractivity contribution < 1.29 is 22.7 Å². The molecule has 0 aliphatic rings. The number of aryl methyl sites for hydroxylation is 1. The summed E-state index contributed by atoms with van der Waals surface area (Å²) in [6.45, 7) is 1.56. The Balaban J connectivity index is 2.07. The lowest BCUT2D eigenvalue weighted by Gasteiger charge is -2.18. The van der Waals surface area contributed by atoms with Gasteiger partial charge in [0, 0.05) is 13.1 Å². The number of amides is 1. The van der Waals surface area contributed by atoms with Crippen LogP contribution in [0.25, 0.3) is 0 Å². The molecule has 2 rings (SSSR count). The van der Waals surface area contributed by atoms with Crippen molar-refractivity contribution in [2.45, 2.75) is 11.8 Å². The first kappa shape index (κ1) is 21.4. The molecule has 0 radical (unpaired) electrons. The third kappa shape index (κ3) is 5.30. The maximum absolute atomic E-state index is 12.8. The Bertz CT molecular complexity index is 956. The zero-order chi connectivity index (χ0) is 20.7. The van der Waals surface area contributed by atoms with Crippen LogP contribution in [0, 0.1) is 6.92 Å². The number of hydrazone groups is 1. The van der Waals surface area contributed by atoms with Crippen molar-refractivity contribution in [3.05, 3.63) is 53.6 Å². The van der Waals surface area contributed by atoms with Crippen LogP contribution in [0.4, 0.5) is 0 Å². The number of carbonyl (C=O) groups excluding carboxylic acids is 1. The summed E-state index contributed by atoms with van der Waals surface area (Å²) in [6, 6.07) is 12.0. The number of sulfonamides is 1. The highest BCUT2D eigenvalue weighted by Crippen LogP contribution is 2.30. The number of hydrogen-bond donors (Lipinski definition) is 1. The fourth-order valence-corrected chi connectivity index (χ4v) is 3.60. The van der Waals surface area contributed by atoms with Gasteiger partial charge in [-0.1, -0.05) is 29.8 Å². The SMILES string of the molecule is COc1ccc(OC)c(S(=O)(=O)N(C)CC(=O)NN=Cc2ccc(C)cc2)c1. The molecule has 1 N–H and O–H groups in total. The Morgan fingerprint density at radius 2 is 1.82 bits per heavy atom. The zero-order valence-corrected chi connectivity index (χ0v) is 17.0. The van der Waals surface area contributed by atoms with Gasteiger partial charge in [-0.05, 0) is 24.6 Å². The summed E-state index contributed by atoms with van der Waals surface area (Å²) in [7, 11) is 0.128. The average Bonchev–Trinajstić information content (AvgIpc) is 2.68. The normalized spacial score (nSPS) is 11.6. The van der Waals surface area contributed by atoms with E-state index in [9.17, 15) is 13.2 Å². The van der Waals surface area contributed by atoms with Gasteiger partial charge >= 0.3 is 0 Å². The van der Waals surface area contributed by atoms with Crippen molar-refractivity contribution in [3.8, 4) is 11.5 Å². The van der Waals surface area contributed by atoms with Crippen molar-refractivity contribution in [2.75, 3.05) is 27.8 Å². The fourth-order valence-electron chi connectivity index (χ4n) is 2.31. The van der Waals surface area contributed by atoms with Crippen molar-refractivity contribution in [2.24, 2.45) is 5.10 Å². The number of nitrogens with one attached hydrogen (secondary N) is 1. The summed E-state index contributed by atoms with van der Waals surface area (Å²) < 4.78 is 36.7. The van der Waals surface area contributed by atoms with E-state index in [0.29, 0.717) is 5.75 Å². The molecule has 0 saturated carbocycles. The molecule has 150 valence electrons. The van der Waals surface area contributed by atoms with Crippen LogP contribution in [-0.2, 0) is 14.8 Å².